The Bertz CT molecular complexity index is 674. The smallest absolute Gasteiger partial charge is 0.356 e. The van der Waals surface area contributed by atoms with Crippen LogP contribution in [0.3, 0.4) is 0 Å². The van der Waals surface area contributed by atoms with Crippen molar-refractivity contribution in [3.05, 3.63) is 46.5 Å². The summed E-state index contributed by atoms with van der Waals surface area (Å²) in [6, 6.07) is 4.54. The molecule has 0 bridgehead atoms. The Morgan fingerprint density at radius 2 is 2.25 bits per heavy atom. The summed E-state index contributed by atoms with van der Waals surface area (Å²) < 4.78 is 20.3. The molecule has 0 aliphatic carbocycles. The summed E-state index contributed by atoms with van der Waals surface area (Å²) >= 11 is 0. The summed E-state index contributed by atoms with van der Waals surface area (Å²) in [7, 11) is 0. The lowest BCUT2D eigenvalue weighted by atomic mass is 10.1. The van der Waals surface area contributed by atoms with Crippen molar-refractivity contribution in [2.24, 2.45) is 0 Å². The van der Waals surface area contributed by atoms with Gasteiger partial charge in [0.05, 0.1) is 24.6 Å². The van der Waals surface area contributed by atoms with Crippen molar-refractivity contribution in [3.63, 3.8) is 0 Å². The summed E-state index contributed by atoms with van der Waals surface area (Å²) in [5.74, 6) is -1.47. The number of carbonyl (C=O) groups is 1. The molecule has 0 atom stereocenters. The third-order valence-electron chi connectivity index (χ3n) is 3.29. The zero-order valence-electron chi connectivity index (χ0n) is 10.9. The number of rotatable bonds is 2. The quantitative estimate of drug-likeness (QED) is 0.912. The summed E-state index contributed by atoms with van der Waals surface area (Å²) in [5, 5.41) is 13.3. The van der Waals surface area contributed by atoms with Crippen molar-refractivity contribution in [1.29, 1.82) is 0 Å². The maximum Gasteiger partial charge on any atom is 0.356 e. The van der Waals surface area contributed by atoms with Crippen LogP contribution in [0, 0.1) is 12.7 Å². The topological polar surface area (TPSA) is 64.4 Å². The van der Waals surface area contributed by atoms with Crippen LogP contribution in [0.25, 0.3) is 5.69 Å². The van der Waals surface area contributed by atoms with E-state index in [0.717, 1.165) is 11.3 Å². The molecule has 20 heavy (non-hydrogen) atoms. The molecule has 0 saturated carbocycles. The lowest BCUT2D eigenvalue weighted by Gasteiger charge is -2.15. The monoisotopic (exact) mass is 276 g/mol. The van der Waals surface area contributed by atoms with Crippen molar-refractivity contribution in [1.82, 2.24) is 9.78 Å². The first kappa shape index (κ1) is 12.8. The molecule has 3 rings (SSSR count). The molecule has 6 heteroatoms. The van der Waals surface area contributed by atoms with Crippen LogP contribution in [0.15, 0.2) is 18.2 Å². The second-order valence-corrected chi connectivity index (χ2v) is 4.78. The molecule has 0 amide bonds. The maximum absolute atomic E-state index is 13.5. The standard InChI is InChI=1S/C14H13FN2O3/c1-8-4-9(15)6-10(5-8)17-12-2-3-20-7-11(12)13(16-17)14(18)19/h4-6H,2-3,7H2,1H3,(H,18,19). The van der Waals surface area contributed by atoms with Gasteiger partial charge in [0.25, 0.3) is 0 Å². The van der Waals surface area contributed by atoms with Crippen LogP contribution in [-0.4, -0.2) is 27.5 Å². The molecule has 0 unspecified atom stereocenters. The molecule has 104 valence electrons. The Balaban J connectivity index is 2.20. The number of ether oxygens (including phenoxy) is 1. The van der Waals surface area contributed by atoms with Gasteiger partial charge in [0.1, 0.15) is 5.82 Å². The van der Waals surface area contributed by atoms with E-state index < -0.39 is 5.97 Å². The fourth-order valence-electron chi connectivity index (χ4n) is 2.46. The fraction of sp³-hybridized carbons (Fsp3) is 0.286. The van der Waals surface area contributed by atoms with Gasteiger partial charge in [-0.2, -0.15) is 5.10 Å². The predicted molar refractivity (Wildman–Crippen MR) is 68.6 cm³/mol. The number of benzene rings is 1. The van der Waals surface area contributed by atoms with Gasteiger partial charge in [-0.1, -0.05) is 0 Å². The van der Waals surface area contributed by atoms with Crippen molar-refractivity contribution in [3.8, 4) is 5.69 Å². The highest BCUT2D eigenvalue weighted by Crippen LogP contribution is 2.24. The Hall–Kier alpha value is -2.21. The number of aryl methyl sites for hydroxylation is 1. The first-order valence-corrected chi connectivity index (χ1v) is 6.25. The van der Waals surface area contributed by atoms with Gasteiger partial charge in [0, 0.05) is 12.0 Å². The minimum atomic E-state index is -1.10. The summed E-state index contributed by atoms with van der Waals surface area (Å²) in [6.07, 6.45) is 0.561. The minimum absolute atomic E-state index is 0.0263. The van der Waals surface area contributed by atoms with E-state index in [4.69, 9.17) is 4.74 Å². The van der Waals surface area contributed by atoms with Gasteiger partial charge >= 0.3 is 5.97 Å². The van der Waals surface area contributed by atoms with Gasteiger partial charge < -0.3 is 9.84 Å². The Kier molecular flexibility index (Phi) is 3.02. The van der Waals surface area contributed by atoms with Gasteiger partial charge in [-0.05, 0) is 30.7 Å². The molecular weight excluding hydrogens is 263 g/mol. The van der Waals surface area contributed by atoms with Crippen LogP contribution in [0.4, 0.5) is 4.39 Å². The largest absolute Gasteiger partial charge is 0.476 e. The lowest BCUT2D eigenvalue weighted by molar-refractivity contribution is 0.0677. The van der Waals surface area contributed by atoms with Gasteiger partial charge in [0.15, 0.2) is 5.69 Å². The molecule has 1 aliphatic heterocycles. The van der Waals surface area contributed by atoms with Crippen molar-refractivity contribution < 1.29 is 19.0 Å². The predicted octanol–water partition coefficient (Wildman–Crippen LogP) is 2.09. The van der Waals surface area contributed by atoms with Gasteiger partial charge in [-0.15, -0.1) is 0 Å². The van der Waals surface area contributed by atoms with Crippen LogP contribution in [0.1, 0.15) is 27.3 Å². The number of hydrogen-bond acceptors (Lipinski definition) is 3. The normalized spacial score (nSPS) is 14.1. The molecule has 2 aromatic rings. The van der Waals surface area contributed by atoms with E-state index >= 15 is 0 Å². The highest BCUT2D eigenvalue weighted by molar-refractivity contribution is 5.87. The number of halogens is 1. The highest BCUT2D eigenvalue weighted by Gasteiger charge is 2.25. The molecule has 1 aliphatic rings. The summed E-state index contributed by atoms with van der Waals surface area (Å²) in [5.41, 5.74) is 2.62. The van der Waals surface area contributed by atoms with Crippen LogP contribution in [0.2, 0.25) is 0 Å². The van der Waals surface area contributed by atoms with E-state index in [1.165, 1.54) is 16.8 Å². The molecule has 0 spiro atoms. The fourth-order valence-corrected chi connectivity index (χ4v) is 2.46. The van der Waals surface area contributed by atoms with Gasteiger partial charge in [0.2, 0.25) is 0 Å². The van der Waals surface area contributed by atoms with E-state index in [2.05, 4.69) is 5.10 Å². The molecular formula is C14H13FN2O3. The highest BCUT2D eigenvalue weighted by atomic mass is 19.1. The number of carboxylic acid groups (broad SMARTS) is 1. The summed E-state index contributed by atoms with van der Waals surface area (Å²) in [4.78, 5) is 11.2. The second kappa shape index (κ2) is 4.72. The molecule has 1 N–H and O–H groups in total. The second-order valence-electron chi connectivity index (χ2n) is 4.78. The van der Waals surface area contributed by atoms with E-state index in [-0.39, 0.29) is 18.1 Å². The Labute approximate surface area is 114 Å². The zero-order valence-corrected chi connectivity index (χ0v) is 10.9. The average molecular weight is 276 g/mol. The van der Waals surface area contributed by atoms with Gasteiger partial charge in [-0.3, -0.25) is 0 Å². The van der Waals surface area contributed by atoms with Gasteiger partial charge in [-0.25, -0.2) is 13.9 Å². The summed E-state index contributed by atoms with van der Waals surface area (Å²) in [6.45, 7) is 2.51. The number of aromatic nitrogens is 2. The first-order chi connectivity index (χ1) is 9.56. The Morgan fingerprint density at radius 1 is 1.45 bits per heavy atom. The van der Waals surface area contributed by atoms with Crippen LogP contribution in [0.5, 0.6) is 0 Å². The third kappa shape index (κ3) is 2.08. The number of fused-ring (bicyclic) bond motifs is 1. The molecule has 0 saturated heterocycles. The first-order valence-electron chi connectivity index (χ1n) is 6.25. The number of carboxylic acids is 1. The molecule has 5 nitrogen and oxygen atoms in total. The zero-order chi connectivity index (χ0) is 14.3. The molecule has 0 radical (unpaired) electrons. The van der Waals surface area contributed by atoms with Crippen LogP contribution in [-0.2, 0) is 17.8 Å². The van der Waals surface area contributed by atoms with Crippen molar-refractivity contribution >= 4 is 5.97 Å². The number of aromatic carboxylic acids is 1. The third-order valence-corrected chi connectivity index (χ3v) is 3.29. The minimum Gasteiger partial charge on any atom is -0.476 e. The molecule has 2 heterocycles. The molecule has 0 fully saturated rings. The lowest BCUT2D eigenvalue weighted by Crippen LogP contribution is -2.13. The van der Waals surface area contributed by atoms with Crippen molar-refractivity contribution in [2.45, 2.75) is 20.0 Å². The van der Waals surface area contributed by atoms with E-state index in [0.29, 0.717) is 24.3 Å². The van der Waals surface area contributed by atoms with E-state index in [1.54, 1.807) is 13.0 Å². The average Bonchev–Trinajstić information content (AvgIpc) is 2.77. The maximum atomic E-state index is 13.5. The Morgan fingerprint density at radius 3 is 2.95 bits per heavy atom. The molecule has 1 aromatic carbocycles. The van der Waals surface area contributed by atoms with Crippen molar-refractivity contribution in [2.75, 3.05) is 6.61 Å². The van der Waals surface area contributed by atoms with E-state index in [1.807, 2.05) is 0 Å². The number of nitrogens with zero attached hydrogens (tertiary/aromatic N) is 2. The van der Waals surface area contributed by atoms with Crippen LogP contribution >= 0.6 is 0 Å². The number of hydrogen-bond donors (Lipinski definition) is 1. The van der Waals surface area contributed by atoms with Crippen LogP contribution < -0.4 is 0 Å². The van der Waals surface area contributed by atoms with E-state index in [9.17, 15) is 14.3 Å². The SMILES string of the molecule is Cc1cc(F)cc(-n2nc(C(=O)O)c3c2CCOC3)c1. The molecule has 1 aromatic heterocycles.